The minimum Gasteiger partial charge on any atom is -0.438 e. The predicted octanol–water partition coefficient (Wildman–Crippen LogP) is 5.88. The van der Waals surface area contributed by atoms with Gasteiger partial charge in [0.15, 0.2) is 0 Å². The molecule has 206 valence electrons. The van der Waals surface area contributed by atoms with Crippen molar-refractivity contribution in [3.63, 3.8) is 0 Å². The number of rotatable bonds is 7. The highest BCUT2D eigenvalue weighted by Gasteiger charge is 2.33. The number of nitrogens with zero attached hydrogens (tertiary/aromatic N) is 2. The van der Waals surface area contributed by atoms with Crippen molar-refractivity contribution in [2.24, 2.45) is 10.7 Å². The maximum Gasteiger partial charge on any atom is 0.412 e. The minimum absolute atomic E-state index is 0.207. The van der Waals surface area contributed by atoms with Crippen LogP contribution in [0.4, 0.5) is 21.9 Å². The molecule has 3 aromatic rings. The van der Waals surface area contributed by atoms with E-state index in [1.54, 1.807) is 12.1 Å². The summed E-state index contributed by atoms with van der Waals surface area (Å²) in [5.41, 5.74) is 18.3. The lowest BCUT2D eigenvalue weighted by molar-refractivity contribution is -0.187. The van der Waals surface area contributed by atoms with Crippen LogP contribution in [0.1, 0.15) is 50.3 Å². The fourth-order valence-corrected chi connectivity index (χ4v) is 4.82. The van der Waals surface area contributed by atoms with Crippen LogP contribution in [0.5, 0.6) is 0 Å². The van der Waals surface area contributed by atoms with E-state index in [2.05, 4.69) is 10.3 Å². The Balaban J connectivity index is 1.41. The Morgan fingerprint density at radius 1 is 1.07 bits per heavy atom. The van der Waals surface area contributed by atoms with Gasteiger partial charge < -0.3 is 16.2 Å². The first-order valence-electron chi connectivity index (χ1n) is 13.2. The van der Waals surface area contributed by atoms with Gasteiger partial charge in [-0.2, -0.15) is 0 Å². The largest absolute Gasteiger partial charge is 0.438 e. The second-order valence-electron chi connectivity index (χ2n) is 10.4. The second-order valence-corrected chi connectivity index (χ2v) is 10.4. The van der Waals surface area contributed by atoms with Crippen LogP contribution in [-0.2, 0) is 26.6 Å². The molecule has 0 atom stereocenters. The van der Waals surface area contributed by atoms with Crippen LogP contribution in [0, 0.1) is 0 Å². The standard InChI is InChI=1S/C31H33N5O4/c1-4-13-36(39-18-19-5-10-24(32)11-6-19)29(37)23-14-22-8-7-21(16-27(22)34-28(33)17-23)20-9-12-26-25(15-20)31(2,3)40-30(38)35-26/h5-12,14-16H,4,13,17-18,32H2,1-3H3,(H2,33,34)(H,35,38). The number of carbonyl (C=O) groups is 2. The number of nitrogens with one attached hydrogen (secondary N) is 1. The summed E-state index contributed by atoms with van der Waals surface area (Å²) >= 11 is 0. The molecule has 0 aliphatic carbocycles. The van der Waals surface area contributed by atoms with Crippen LogP contribution in [0.15, 0.2) is 71.2 Å². The third-order valence-corrected chi connectivity index (χ3v) is 6.88. The van der Waals surface area contributed by atoms with Gasteiger partial charge in [-0.15, -0.1) is 0 Å². The van der Waals surface area contributed by atoms with Gasteiger partial charge in [-0.3, -0.25) is 14.9 Å². The second kappa shape index (κ2) is 10.9. The Morgan fingerprint density at radius 3 is 2.55 bits per heavy atom. The van der Waals surface area contributed by atoms with Crippen LogP contribution in [0.3, 0.4) is 0 Å². The summed E-state index contributed by atoms with van der Waals surface area (Å²) in [7, 11) is 0. The highest BCUT2D eigenvalue weighted by atomic mass is 16.7. The maximum atomic E-state index is 13.5. The van der Waals surface area contributed by atoms with Crippen molar-refractivity contribution in [3.8, 4) is 11.1 Å². The molecule has 2 aliphatic heterocycles. The monoisotopic (exact) mass is 539 g/mol. The number of ether oxygens (including phenoxy) is 1. The first-order chi connectivity index (χ1) is 19.1. The first kappa shape index (κ1) is 27.0. The van der Waals surface area contributed by atoms with Gasteiger partial charge in [-0.05, 0) is 73.4 Å². The van der Waals surface area contributed by atoms with E-state index in [9.17, 15) is 9.59 Å². The normalized spacial score (nSPS) is 15.4. The van der Waals surface area contributed by atoms with E-state index in [0.29, 0.717) is 29.3 Å². The molecular formula is C31H33N5O4. The lowest BCUT2D eigenvalue weighted by atomic mass is 9.91. The summed E-state index contributed by atoms with van der Waals surface area (Å²) in [5, 5.41) is 4.15. The van der Waals surface area contributed by atoms with Crippen molar-refractivity contribution < 1.29 is 19.2 Å². The summed E-state index contributed by atoms with van der Waals surface area (Å²) < 4.78 is 5.48. The fraction of sp³-hybridized carbons (Fsp3) is 0.258. The third kappa shape index (κ3) is 5.69. The maximum absolute atomic E-state index is 13.5. The number of amides is 2. The quantitative estimate of drug-likeness (QED) is 0.254. The van der Waals surface area contributed by atoms with Crippen LogP contribution in [0.2, 0.25) is 0 Å². The first-order valence-corrected chi connectivity index (χ1v) is 13.2. The van der Waals surface area contributed by atoms with Gasteiger partial charge in [0, 0.05) is 35.4 Å². The molecule has 0 saturated heterocycles. The van der Waals surface area contributed by atoms with Crippen molar-refractivity contribution in [1.82, 2.24) is 5.06 Å². The molecule has 0 radical (unpaired) electrons. The summed E-state index contributed by atoms with van der Waals surface area (Å²) in [6, 6.07) is 19.0. The zero-order chi connectivity index (χ0) is 28.4. The number of cyclic esters (lactones) is 1. The Bertz CT molecular complexity index is 1530. The highest BCUT2D eigenvalue weighted by molar-refractivity contribution is 6.05. The zero-order valence-electron chi connectivity index (χ0n) is 22.9. The van der Waals surface area contributed by atoms with Gasteiger partial charge in [-0.25, -0.2) is 14.9 Å². The smallest absolute Gasteiger partial charge is 0.412 e. The molecule has 5 rings (SSSR count). The van der Waals surface area contributed by atoms with E-state index >= 15 is 0 Å². The summed E-state index contributed by atoms with van der Waals surface area (Å²) in [4.78, 5) is 36.0. The lowest BCUT2D eigenvalue weighted by Crippen LogP contribution is -2.34. The molecule has 5 N–H and O–H groups in total. The molecule has 0 unspecified atom stereocenters. The number of nitrogens with two attached hydrogens (primary N) is 2. The summed E-state index contributed by atoms with van der Waals surface area (Å²) in [6.45, 7) is 6.40. The molecule has 9 nitrogen and oxygen atoms in total. The number of benzene rings is 3. The topological polar surface area (TPSA) is 132 Å². The van der Waals surface area contributed by atoms with E-state index in [0.717, 1.165) is 39.9 Å². The molecule has 0 saturated carbocycles. The van der Waals surface area contributed by atoms with Crippen molar-refractivity contribution in [1.29, 1.82) is 0 Å². The van der Waals surface area contributed by atoms with Gasteiger partial charge in [0.1, 0.15) is 18.0 Å². The Morgan fingerprint density at radius 2 is 1.80 bits per heavy atom. The third-order valence-electron chi connectivity index (χ3n) is 6.88. The Kier molecular flexibility index (Phi) is 7.32. The Labute approximate surface area is 233 Å². The highest BCUT2D eigenvalue weighted by Crippen LogP contribution is 2.39. The number of anilines is 2. The Hall–Kier alpha value is -4.63. The number of amidine groups is 1. The molecule has 0 spiro atoms. The summed E-state index contributed by atoms with van der Waals surface area (Å²) in [5.74, 6) is 0.0968. The fourth-order valence-electron chi connectivity index (χ4n) is 4.82. The van der Waals surface area contributed by atoms with Crippen LogP contribution in [0.25, 0.3) is 17.2 Å². The molecule has 0 fully saturated rings. The molecule has 0 aromatic heterocycles. The van der Waals surface area contributed by atoms with Crippen molar-refractivity contribution in [3.05, 3.63) is 82.9 Å². The van der Waals surface area contributed by atoms with E-state index in [4.69, 9.17) is 21.0 Å². The van der Waals surface area contributed by atoms with Gasteiger partial charge >= 0.3 is 6.09 Å². The number of fused-ring (bicyclic) bond motifs is 2. The molecule has 40 heavy (non-hydrogen) atoms. The molecule has 3 aromatic carbocycles. The lowest BCUT2D eigenvalue weighted by Gasteiger charge is -2.32. The van der Waals surface area contributed by atoms with Crippen LogP contribution in [-0.4, -0.2) is 29.4 Å². The molecule has 2 heterocycles. The van der Waals surface area contributed by atoms with Crippen LogP contribution >= 0.6 is 0 Å². The van der Waals surface area contributed by atoms with Crippen molar-refractivity contribution in [2.75, 3.05) is 17.6 Å². The van der Waals surface area contributed by atoms with Crippen molar-refractivity contribution >= 4 is 41.0 Å². The average molecular weight is 540 g/mol. The minimum atomic E-state index is -0.764. The van der Waals surface area contributed by atoms with Crippen molar-refractivity contribution in [2.45, 2.75) is 45.8 Å². The van der Waals surface area contributed by atoms with Gasteiger partial charge in [0.25, 0.3) is 5.91 Å². The van der Waals surface area contributed by atoms with E-state index < -0.39 is 11.7 Å². The molecule has 9 heteroatoms. The number of aliphatic imine (C=N–C) groups is 1. The molecule has 2 amide bonds. The number of hydrogen-bond donors (Lipinski definition) is 3. The van der Waals surface area contributed by atoms with Gasteiger partial charge in [0.2, 0.25) is 0 Å². The number of hydroxylamine groups is 2. The SMILES string of the molecule is CCCN(OCc1ccc(N)cc1)C(=O)C1=Cc2ccc(-c3ccc4c(c3)C(C)(C)OC(=O)N4)cc2N=C(N)C1. The predicted molar refractivity (Wildman–Crippen MR) is 157 cm³/mol. The van der Waals surface area contributed by atoms with Crippen LogP contribution < -0.4 is 16.8 Å². The molecule has 0 bridgehead atoms. The van der Waals surface area contributed by atoms with E-state index in [-0.39, 0.29) is 18.9 Å². The molecule has 2 aliphatic rings. The van der Waals surface area contributed by atoms with Gasteiger partial charge in [0.05, 0.1) is 11.4 Å². The molecular weight excluding hydrogens is 506 g/mol. The number of hydrogen-bond acceptors (Lipinski definition) is 7. The zero-order valence-corrected chi connectivity index (χ0v) is 22.9. The van der Waals surface area contributed by atoms with E-state index in [1.807, 2.05) is 75.4 Å². The van der Waals surface area contributed by atoms with Gasteiger partial charge in [-0.1, -0.05) is 37.3 Å². The number of carbonyl (C=O) groups excluding carboxylic acids is 2. The average Bonchev–Trinajstić information content (AvgIpc) is 3.08. The number of nitrogen functional groups attached to an aromatic ring is 1. The van der Waals surface area contributed by atoms with E-state index in [1.165, 1.54) is 5.06 Å². The summed E-state index contributed by atoms with van der Waals surface area (Å²) in [6.07, 6.45) is 2.30.